The second-order valence-electron chi connectivity index (χ2n) is 7.61. The molecule has 27 heavy (non-hydrogen) atoms. The van der Waals surface area contributed by atoms with Crippen molar-refractivity contribution in [3.63, 3.8) is 0 Å². The maximum absolute atomic E-state index is 12.6. The summed E-state index contributed by atoms with van der Waals surface area (Å²) in [5, 5.41) is 12.8. The molecular weight excluding hydrogens is 344 g/mol. The van der Waals surface area contributed by atoms with Gasteiger partial charge in [-0.3, -0.25) is 19.3 Å². The number of hydrogen-bond acceptors (Lipinski definition) is 4. The van der Waals surface area contributed by atoms with Gasteiger partial charge in [-0.25, -0.2) is 0 Å². The van der Waals surface area contributed by atoms with Crippen LogP contribution in [0.25, 0.3) is 0 Å². The zero-order valence-electron chi connectivity index (χ0n) is 15.6. The fourth-order valence-electron chi connectivity index (χ4n) is 2.95. The predicted octanol–water partition coefficient (Wildman–Crippen LogP) is 3.60. The molecule has 0 unspecified atom stereocenters. The lowest BCUT2D eigenvalue weighted by atomic mass is 9.87. The van der Waals surface area contributed by atoms with Crippen molar-refractivity contribution in [1.29, 1.82) is 0 Å². The monoisotopic (exact) mass is 366 g/mol. The molecule has 1 fully saturated rings. The average molecular weight is 366 g/mol. The SMILES string of the molecule is CC(C)(C)c1ccc(O)c(NC(=O)c2cccc(N3C(=O)CCC3=O)c2)c1. The van der Waals surface area contributed by atoms with Crippen molar-refractivity contribution in [2.24, 2.45) is 0 Å². The molecule has 2 aromatic rings. The highest BCUT2D eigenvalue weighted by molar-refractivity contribution is 6.20. The Kier molecular flexibility index (Phi) is 4.74. The molecule has 0 bridgehead atoms. The number of aromatic hydroxyl groups is 1. The number of hydrogen-bond donors (Lipinski definition) is 2. The number of carbonyl (C=O) groups excluding carboxylic acids is 3. The van der Waals surface area contributed by atoms with Gasteiger partial charge >= 0.3 is 0 Å². The van der Waals surface area contributed by atoms with E-state index in [9.17, 15) is 19.5 Å². The Morgan fingerprint density at radius 2 is 1.70 bits per heavy atom. The molecular formula is C21H22N2O4. The molecule has 0 atom stereocenters. The molecule has 1 aliphatic rings. The van der Waals surface area contributed by atoms with Crippen molar-refractivity contribution >= 4 is 29.1 Å². The molecule has 1 aliphatic heterocycles. The number of phenolic OH excluding ortho intramolecular Hbond substituents is 1. The summed E-state index contributed by atoms with van der Waals surface area (Å²) in [7, 11) is 0. The van der Waals surface area contributed by atoms with Gasteiger partial charge in [0.1, 0.15) is 5.75 Å². The highest BCUT2D eigenvalue weighted by atomic mass is 16.3. The lowest BCUT2D eigenvalue weighted by Crippen LogP contribution is -2.28. The highest BCUT2D eigenvalue weighted by Crippen LogP contribution is 2.31. The van der Waals surface area contributed by atoms with Crippen molar-refractivity contribution in [2.75, 3.05) is 10.2 Å². The zero-order chi connectivity index (χ0) is 19.8. The van der Waals surface area contributed by atoms with Crippen LogP contribution in [0, 0.1) is 0 Å². The molecule has 3 rings (SSSR count). The maximum Gasteiger partial charge on any atom is 0.255 e. The Morgan fingerprint density at radius 1 is 1.04 bits per heavy atom. The molecule has 0 spiro atoms. The largest absolute Gasteiger partial charge is 0.506 e. The number of amides is 3. The van der Waals surface area contributed by atoms with Gasteiger partial charge in [0.2, 0.25) is 11.8 Å². The number of phenols is 1. The fourth-order valence-corrected chi connectivity index (χ4v) is 2.95. The van der Waals surface area contributed by atoms with E-state index in [1.807, 2.05) is 26.8 Å². The third kappa shape index (κ3) is 3.84. The first kappa shape index (κ1) is 18.6. The Bertz CT molecular complexity index is 912. The number of anilines is 2. The number of benzene rings is 2. The quantitative estimate of drug-likeness (QED) is 0.642. The second kappa shape index (κ2) is 6.87. The topological polar surface area (TPSA) is 86.7 Å². The predicted molar refractivity (Wildman–Crippen MR) is 103 cm³/mol. The molecule has 140 valence electrons. The van der Waals surface area contributed by atoms with E-state index in [0.717, 1.165) is 10.5 Å². The smallest absolute Gasteiger partial charge is 0.255 e. The molecule has 0 aromatic heterocycles. The summed E-state index contributed by atoms with van der Waals surface area (Å²) in [6.07, 6.45) is 0.367. The van der Waals surface area contributed by atoms with Crippen LogP contribution in [0.5, 0.6) is 5.75 Å². The molecule has 0 saturated carbocycles. The third-order valence-electron chi connectivity index (χ3n) is 4.53. The number of nitrogens with zero attached hydrogens (tertiary/aromatic N) is 1. The van der Waals surface area contributed by atoms with Crippen LogP contribution in [0.15, 0.2) is 42.5 Å². The van der Waals surface area contributed by atoms with Crippen LogP contribution in [0.3, 0.4) is 0 Å². The highest BCUT2D eigenvalue weighted by Gasteiger charge is 2.30. The van der Waals surface area contributed by atoms with Gasteiger partial charge in [0, 0.05) is 18.4 Å². The van der Waals surface area contributed by atoms with Gasteiger partial charge in [0.25, 0.3) is 5.91 Å². The van der Waals surface area contributed by atoms with Crippen LogP contribution in [0.1, 0.15) is 49.5 Å². The van der Waals surface area contributed by atoms with E-state index >= 15 is 0 Å². The molecule has 1 heterocycles. The van der Waals surface area contributed by atoms with E-state index < -0.39 is 5.91 Å². The summed E-state index contributed by atoms with van der Waals surface area (Å²) in [6, 6.07) is 11.4. The molecule has 0 aliphatic carbocycles. The Hall–Kier alpha value is -3.15. The number of carbonyl (C=O) groups is 3. The minimum atomic E-state index is -0.433. The van der Waals surface area contributed by atoms with Crippen LogP contribution < -0.4 is 10.2 Å². The minimum Gasteiger partial charge on any atom is -0.506 e. The lowest BCUT2D eigenvalue weighted by Gasteiger charge is -2.20. The third-order valence-corrected chi connectivity index (χ3v) is 4.53. The van der Waals surface area contributed by atoms with Gasteiger partial charge in [-0.2, -0.15) is 0 Å². The zero-order valence-corrected chi connectivity index (χ0v) is 15.6. The van der Waals surface area contributed by atoms with Gasteiger partial charge in [0.15, 0.2) is 0 Å². The van der Waals surface area contributed by atoms with Crippen molar-refractivity contribution in [1.82, 2.24) is 0 Å². The van der Waals surface area contributed by atoms with Gasteiger partial charge in [-0.05, 0) is 41.3 Å². The molecule has 3 amide bonds. The normalized spacial score (nSPS) is 14.6. The lowest BCUT2D eigenvalue weighted by molar-refractivity contribution is -0.121. The molecule has 6 heteroatoms. The van der Waals surface area contributed by atoms with Crippen LogP contribution >= 0.6 is 0 Å². The molecule has 2 N–H and O–H groups in total. The molecule has 0 radical (unpaired) electrons. The van der Waals surface area contributed by atoms with Crippen LogP contribution in [0.2, 0.25) is 0 Å². The maximum atomic E-state index is 12.6. The Morgan fingerprint density at radius 3 is 2.33 bits per heavy atom. The number of imide groups is 1. The van der Waals surface area contributed by atoms with E-state index in [2.05, 4.69) is 5.32 Å². The summed E-state index contributed by atoms with van der Waals surface area (Å²) < 4.78 is 0. The van der Waals surface area contributed by atoms with Crippen molar-refractivity contribution in [2.45, 2.75) is 39.0 Å². The van der Waals surface area contributed by atoms with E-state index in [1.54, 1.807) is 30.3 Å². The number of rotatable bonds is 3. The first-order valence-electron chi connectivity index (χ1n) is 8.77. The van der Waals surface area contributed by atoms with E-state index in [4.69, 9.17) is 0 Å². The molecule has 6 nitrogen and oxygen atoms in total. The van der Waals surface area contributed by atoms with Crippen LogP contribution in [0.4, 0.5) is 11.4 Å². The summed E-state index contributed by atoms with van der Waals surface area (Å²) in [6.45, 7) is 6.12. The van der Waals surface area contributed by atoms with Gasteiger partial charge < -0.3 is 10.4 Å². The summed E-state index contributed by atoms with van der Waals surface area (Å²) in [4.78, 5) is 37.6. The fraction of sp³-hybridized carbons (Fsp3) is 0.286. The van der Waals surface area contributed by atoms with Crippen LogP contribution in [-0.2, 0) is 15.0 Å². The van der Waals surface area contributed by atoms with Crippen LogP contribution in [-0.4, -0.2) is 22.8 Å². The minimum absolute atomic E-state index is 0.0302. The molecule has 1 saturated heterocycles. The summed E-state index contributed by atoms with van der Waals surface area (Å²) in [5.41, 5.74) is 1.82. The van der Waals surface area contributed by atoms with Gasteiger partial charge in [-0.1, -0.05) is 32.9 Å². The summed E-state index contributed by atoms with van der Waals surface area (Å²) in [5.74, 6) is -1.00. The van der Waals surface area contributed by atoms with Gasteiger partial charge in [-0.15, -0.1) is 0 Å². The first-order chi connectivity index (χ1) is 12.7. The summed E-state index contributed by atoms with van der Waals surface area (Å²) >= 11 is 0. The van der Waals surface area contributed by atoms with Gasteiger partial charge in [0.05, 0.1) is 11.4 Å². The van der Waals surface area contributed by atoms with E-state index in [0.29, 0.717) is 16.9 Å². The standard InChI is InChI=1S/C21H22N2O4/c1-21(2,3)14-7-8-17(24)16(12-14)22-20(27)13-5-4-6-15(11-13)23-18(25)9-10-19(23)26/h4-8,11-12,24H,9-10H2,1-3H3,(H,22,27). The van der Waals surface area contributed by atoms with E-state index in [1.165, 1.54) is 6.07 Å². The first-order valence-corrected chi connectivity index (χ1v) is 8.77. The Balaban J connectivity index is 1.86. The van der Waals surface area contributed by atoms with E-state index in [-0.39, 0.29) is 35.8 Å². The van der Waals surface area contributed by atoms with Crippen molar-refractivity contribution in [3.8, 4) is 5.75 Å². The average Bonchev–Trinajstić information content (AvgIpc) is 2.94. The second-order valence-corrected chi connectivity index (χ2v) is 7.61. The molecule has 2 aromatic carbocycles. The Labute approximate surface area is 157 Å². The van der Waals surface area contributed by atoms with Crippen molar-refractivity contribution < 1.29 is 19.5 Å². The van der Waals surface area contributed by atoms with Crippen molar-refractivity contribution in [3.05, 3.63) is 53.6 Å². The number of nitrogens with one attached hydrogen (secondary N) is 1.